The molecular formula is C43H28S4. The summed E-state index contributed by atoms with van der Waals surface area (Å²) in [5.74, 6) is 0. The van der Waals surface area contributed by atoms with E-state index < -0.39 is 0 Å². The molecule has 1 spiro atoms. The van der Waals surface area contributed by atoms with Crippen molar-refractivity contribution in [2.45, 2.75) is 19.3 Å². The molecule has 4 aromatic heterocycles. The molecule has 224 valence electrons. The van der Waals surface area contributed by atoms with Gasteiger partial charge < -0.3 is 0 Å². The van der Waals surface area contributed by atoms with E-state index in [9.17, 15) is 0 Å². The van der Waals surface area contributed by atoms with Gasteiger partial charge in [-0.2, -0.15) is 0 Å². The molecule has 2 aliphatic rings. The van der Waals surface area contributed by atoms with Crippen LogP contribution in [0.5, 0.6) is 0 Å². The van der Waals surface area contributed by atoms with Crippen LogP contribution < -0.4 is 0 Å². The van der Waals surface area contributed by atoms with E-state index in [0.29, 0.717) is 0 Å². The molecule has 0 saturated heterocycles. The molecule has 10 rings (SSSR count). The van der Waals surface area contributed by atoms with Gasteiger partial charge in [0.2, 0.25) is 0 Å². The monoisotopic (exact) mass is 672 g/mol. The van der Waals surface area contributed by atoms with E-state index >= 15 is 0 Å². The fourth-order valence-electron chi connectivity index (χ4n) is 8.01. The number of hydrogen-bond acceptors (Lipinski definition) is 4. The van der Waals surface area contributed by atoms with Gasteiger partial charge in [0.1, 0.15) is 0 Å². The molecule has 0 saturated carbocycles. The van der Waals surface area contributed by atoms with Crippen molar-refractivity contribution in [3.8, 4) is 62.6 Å². The van der Waals surface area contributed by atoms with Gasteiger partial charge in [0.25, 0.3) is 0 Å². The molecule has 0 atom stereocenters. The number of benzene rings is 4. The van der Waals surface area contributed by atoms with Crippen molar-refractivity contribution in [3.05, 3.63) is 165 Å². The summed E-state index contributed by atoms with van der Waals surface area (Å²) in [5.41, 5.74) is 13.3. The first-order chi connectivity index (χ1) is 23.1. The van der Waals surface area contributed by atoms with Gasteiger partial charge in [-0.1, -0.05) is 84.9 Å². The van der Waals surface area contributed by atoms with Gasteiger partial charge in [0.15, 0.2) is 0 Å². The summed E-state index contributed by atoms with van der Waals surface area (Å²) in [7, 11) is 0. The number of thiophene rings is 4. The van der Waals surface area contributed by atoms with E-state index in [1.54, 1.807) is 0 Å². The molecule has 0 fully saturated rings. The zero-order valence-electron chi connectivity index (χ0n) is 25.8. The number of fused-ring (bicyclic) bond motifs is 10. The zero-order valence-corrected chi connectivity index (χ0v) is 29.1. The van der Waals surface area contributed by atoms with Crippen molar-refractivity contribution >= 4 is 45.3 Å². The number of hydrogen-bond donors (Lipinski definition) is 0. The summed E-state index contributed by atoms with van der Waals surface area (Å²) in [4.78, 5) is 10.7. The van der Waals surface area contributed by atoms with Gasteiger partial charge >= 0.3 is 0 Å². The summed E-state index contributed by atoms with van der Waals surface area (Å²) >= 11 is 7.57. The van der Waals surface area contributed by atoms with E-state index in [0.717, 1.165) is 0 Å². The molecule has 2 aliphatic carbocycles. The zero-order chi connectivity index (χ0) is 31.3. The Morgan fingerprint density at radius 1 is 0.319 bits per heavy atom. The van der Waals surface area contributed by atoms with Crippen LogP contribution in [0.3, 0.4) is 0 Å². The summed E-state index contributed by atoms with van der Waals surface area (Å²) in [5, 5.41) is 0. The van der Waals surface area contributed by atoms with Gasteiger partial charge in [-0.3, -0.25) is 0 Å². The molecule has 0 unspecified atom stereocenters. The normalized spacial score (nSPS) is 13.5. The maximum Gasteiger partial charge on any atom is 0.0725 e. The Bertz CT molecular complexity index is 2330. The fraction of sp³-hybridized carbons (Fsp3) is 0.0698. The van der Waals surface area contributed by atoms with E-state index in [4.69, 9.17) is 0 Å². The largest absolute Gasteiger partial charge is 0.140 e. The quantitative estimate of drug-likeness (QED) is 0.175. The Hall–Kier alpha value is -4.32. The van der Waals surface area contributed by atoms with Crippen molar-refractivity contribution in [1.29, 1.82) is 0 Å². The van der Waals surface area contributed by atoms with Crippen molar-refractivity contribution in [1.82, 2.24) is 0 Å². The van der Waals surface area contributed by atoms with Crippen LogP contribution in [-0.2, 0) is 5.41 Å². The lowest BCUT2D eigenvalue weighted by atomic mass is 9.70. The lowest BCUT2D eigenvalue weighted by Crippen LogP contribution is -2.25. The Labute approximate surface area is 290 Å². The van der Waals surface area contributed by atoms with Crippen LogP contribution in [0.4, 0.5) is 0 Å². The van der Waals surface area contributed by atoms with Crippen LogP contribution >= 0.6 is 45.3 Å². The SMILES string of the molecule is Cc1ccc(-c2ccc(-c3cccc4c3-c3ccccc3C43c4ccccc4-c4c(-c5ccc(-c6ccc(C)s6)s5)cccc43)s2)s1. The Balaban J connectivity index is 1.22. The molecule has 4 heteroatoms. The topological polar surface area (TPSA) is 0 Å². The highest BCUT2D eigenvalue weighted by Crippen LogP contribution is 2.65. The molecule has 4 aromatic carbocycles. The molecule has 0 amide bonds. The van der Waals surface area contributed by atoms with Crippen molar-refractivity contribution in [2.75, 3.05) is 0 Å². The average Bonchev–Trinajstić information content (AvgIpc) is 3.95. The number of rotatable bonds is 4. The lowest BCUT2D eigenvalue weighted by Gasteiger charge is -2.30. The summed E-state index contributed by atoms with van der Waals surface area (Å²) in [6.07, 6.45) is 0. The second-order valence-corrected chi connectivity index (χ2v) is 17.2. The van der Waals surface area contributed by atoms with Gasteiger partial charge in [-0.25, -0.2) is 0 Å². The molecular weight excluding hydrogens is 645 g/mol. The highest BCUT2D eigenvalue weighted by molar-refractivity contribution is 7.24. The number of aryl methyl sites for hydroxylation is 2. The predicted molar refractivity (Wildman–Crippen MR) is 205 cm³/mol. The maximum atomic E-state index is 2.40. The first kappa shape index (κ1) is 27.8. The third-order valence-corrected chi connectivity index (χ3v) is 14.5. The first-order valence-electron chi connectivity index (χ1n) is 15.9. The predicted octanol–water partition coefficient (Wildman–Crippen LogP) is 13.6. The minimum atomic E-state index is -0.375. The van der Waals surface area contributed by atoms with Crippen molar-refractivity contribution < 1.29 is 0 Å². The Morgan fingerprint density at radius 3 is 1.13 bits per heavy atom. The highest BCUT2D eigenvalue weighted by atomic mass is 32.1. The molecule has 8 aromatic rings. The molecule has 0 N–H and O–H groups in total. The van der Waals surface area contributed by atoms with Crippen LogP contribution in [0.2, 0.25) is 0 Å². The van der Waals surface area contributed by atoms with Crippen LogP contribution in [0.1, 0.15) is 32.0 Å². The van der Waals surface area contributed by atoms with Gasteiger partial charge in [0, 0.05) is 39.0 Å². The van der Waals surface area contributed by atoms with Gasteiger partial charge in [-0.15, -0.1) is 45.3 Å². The average molecular weight is 673 g/mol. The molecule has 0 nitrogen and oxygen atoms in total. The smallest absolute Gasteiger partial charge is 0.0725 e. The van der Waals surface area contributed by atoms with E-state index in [1.807, 2.05) is 45.3 Å². The van der Waals surface area contributed by atoms with E-state index in [1.165, 1.54) is 94.7 Å². The summed E-state index contributed by atoms with van der Waals surface area (Å²) in [6, 6.07) is 50.6. The van der Waals surface area contributed by atoms with E-state index in [-0.39, 0.29) is 5.41 Å². The fourth-order valence-corrected chi connectivity index (χ4v) is 12.0. The minimum absolute atomic E-state index is 0.375. The van der Waals surface area contributed by atoms with Crippen molar-refractivity contribution in [2.24, 2.45) is 0 Å². The second-order valence-electron chi connectivity index (χ2n) is 12.4. The van der Waals surface area contributed by atoms with Gasteiger partial charge in [-0.05, 0) is 118 Å². The van der Waals surface area contributed by atoms with Crippen LogP contribution in [-0.4, -0.2) is 0 Å². The molecule has 0 radical (unpaired) electrons. The van der Waals surface area contributed by atoms with Crippen LogP contribution in [0.25, 0.3) is 62.6 Å². The third-order valence-electron chi connectivity index (χ3n) is 9.85. The van der Waals surface area contributed by atoms with E-state index in [2.05, 4.69) is 147 Å². The van der Waals surface area contributed by atoms with Crippen molar-refractivity contribution in [3.63, 3.8) is 0 Å². The van der Waals surface area contributed by atoms with Crippen LogP contribution in [0, 0.1) is 13.8 Å². The summed E-state index contributed by atoms with van der Waals surface area (Å²) in [6.45, 7) is 4.38. The Morgan fingerprint density at radius 2 is 0.681 bits per heavy atom. The third kappa shape index (κ3) is 3.90. The molecule has 0 aliphatic heterocycles. The molecule has 4 heterocycles. The summed E-state index contributed by atoms with van der Waals surface area (Å²) < 4.78 is 0. The minimum Gasteiger partial charge on any atom is -0.140 e. The maximum absolute atomic E-state index is 2.40. The first-order valence-corrected chi connectivity index (χ1v) is 19.2. The molecule has 0 bridgehead atoms. The Kier molecular flexibility index (Phi) is 6.11. The van der Waals surface area contributed by atoms with Gasteiger partial charge in [0.05, 0.1) is 5.41 Å². The van der Waals surface area contributed by atoms with Crippen LogP contribution in [0.15, 0.2) is 133 Å². The second kappa shape index (κ2) is 10.3. The highest BCUT2D eigenvalue weighted by Gasteiger charge is 2.52. The lowest BCUT2D eigenvalue weighted by molar-refractivity contribution is 0.794. The molecule has 47 heavy (non-hydrogen) atoms. The standard InChI is InChI=1S/C43H28S4/c1-25-17-19-37(44-25)39-23-21-35(46-39)29-11-7-15-33-41(29)27-9-3-5-13-31(27)43(33)32-14-6-4-10-28(32)42-30(12-8-16-34(42)43)36-22-24-40(47-36)38-20-18-26(2)45-38/h3-24H,1-2H3.